The normalized spacial score (nSPS) is 28.9. The molecule has 3 rings (SSSR count). The van der Waals surface area contributed by atoms with Crippen molar-refractivity contribution in [2.45, 2.75) is 52.6 Å². The van der Waals surface area contributed by atoms with Crippen LogP contribution in [0.3, 0.4) is 0 Å². The first kappa shape index (κ1) is 20.2. The minimum absolute atomic E-state index is 0.0182. The van der Waals surface area contributed by atoms with E-state index in [2.05, 4.69) is 33.4 Å². The van der Waals surface area contributed by atoms with Gasteiger partial charge in [0.15, 0.2) is 11.5 Å². The number of carbonyl (C=O) groups is 1. The topological polar surface area (TPSA) is 66.8 Å². The third kappa shape index (κ3) is 4.49. The van der Waals surface area contributed by atoms with E-state index in [4.69, 9.17) is 4.74 Å². The van der Waals surface area contributed by atoms with E-state index in [-0.39, 0.29) is 23.0 Å². The molecule has 0 aromatic heterocycles. The molecule has 150 valence electrons. The van der Waals surface area contributed by atoms with Crippen molar-refractivity contribution in [2.24, 2.45) is 17.3 Å². The lowest BCUT2D eigenvalue weighted by Gasteiger charge is -2.44. The molecule has 3 unspecified atom stereocenters. The molecule has 3 atom stereocenters. The van der Waals surface area contributed by atoms with Crippen LogP contribution >= 0.6 is 0 Å². The number of hydrogen-bond donors (Lipinski definition) is 2. The Morgan fingerprint density at radius 1 is 1.29 bits per heavy atom. The van der Waals surface area contributed by atoms with Gasteiger partial charge in [-0.15, -0.1) is 0 Å². The van der Waals surface area contributed by atoms with Crippen LogP contribution in [0.4, 0.5) is 0 Å². The monoisotopic (exact) mass is 382 g/mol. The van der Waals surface area contributed by atoms with Crippen LogP contribution in [0.1, 0.15) is 52.0 Å². The van der Waals surface area contributed by atoms with Crippen molar-refractivity contribution >= 4 is 12.0 Å². The number of aromatic hydroxyl groups is 2. The van der Waals surface area contributed by atoms with Gasteiger partial charge < -0.3 is 14.9 Å². The highest BCUT2D eigenvalue weighted by molar-refractivity contribution is 5.87. The summed E-state index contributed by atoms with van der Waals surface area (Å²) in [5, 5.41) is 18.9. The molecule has 1 saturated carbocycles. The fraction of sp³-hybridized carbons (Fsp3) is 0.458. The third-order valence-corrected chi connectivity index (χ3v) is 6.27. The molecule has 28 heavy (non-hydrogen) atoms. The summed E-state index contributed by atoms with van der Waals surface area (Å²) < 4.78 is 5.77. The smallest absolute Gasteiger partial charge is 0.331 e. The molecule has 1 aromatic carbocycles. The summed E-state index contributed by atoms with van der Waals surface area (Å²) in [6, 6.07) is 4.40. The number of phenols is 2. The van der Waals surface area contributed by atoms with E-state index in [9.17, 15) is 15.0 Å². The van der Waals surface area contributed by atoms with E-state index in [0.29, 0.717) is 17.4 Å². The van der Waals surface area contributed by atoms with E-state index in [1.54, 1.807) is 12.1 Å². The zero-order valence-electron chi connectivity index (χ0n) is 16.9. The van der Waals surface area contributed by atoms with E-state index < -0.39 is 5.97 Å². The summed E-state index contributed by atoms with van der Waals surface area (Å²) >= 11 is 0. The van der Waals surface area contributed by atoms with Crippen molar-refractivity contribution in [1.29, 1.82) is 0 Å². The van der Waals surface area contributed by atoms with Crippen LogP contribution in [-0.4, -0.2) is 22.3 Å². The largest absolute Gasteiger partial charge is 0.504 e. The number of hydrogen-bond acceptors (Lipinski definition) is 4. The summed E-state index contributed by atoms with van der Waals surface area (Å²) in [7, 11) is 0. The zero-order chi connectivity index (χ0) is 20.5. The molecule has 0 spiro atoms. The molecular weight excluding hydrogens is 352 g/mol. The molecule has 2 N–H and O–H groups in total. The van der Waals surface area contributed by atoms with Gasteiger partial charge in [-0.2, -0.15) is 0 Å². The van der Waals surface area contributed by atoms with Crippen LogP contribution in [0.15, 0.2) is 48.1 Å². The highest BCUT2D eigenvalue weighted by Crippen LogP contribution is 2.49. The Hall–Kier alpha value is -2.49. The van der Waals surface area contributed by atoms with Crippen molar-refractivity contribution in [3.8, 4) is 11.5 Å². The molecule has 0 saturated heterocycles. The lowest BCUT2D eigenvalue weighted by atomic mass is 9.61. The number of rotatable bonds is 3. The van der Waals surface area contributed by atoms with Gasteiger partial charge in [-0.25, -0.2) is 4.79 Å². The Morgan fingerprint density at radius 2 is 2.04 bits per heavy atom. The van der Waals surface area contributed by atoms with Gasteiger partial charge in [-0.3, -0.25) is 0 Å². The minimum atomic E-state index is -0.415. The van der Waals surface area contributed by atoms with Gasteiger partial charge in [0.2, 0.25) is 0 Å². The van der Waals surface area contributed by atoms with E-state index in [1.165, 1.54) is 29.4 Å². The summed E-state index contributed by atoms with van der Waals surface area (Å²) in [5.74, 6) is 0.159. The van der Waals surface area contributed by atoms with Gasteiger partial charge in [-0.05, 0) is 79.7 Å². The molecule has 4 heteroatoms. The molecule has 4 nitrogen and oxygen atoms in total. The van der Waals surface area contributed by atoms with Crippen LogP contribution < -0.4 is 0 Å². The molecule has 0 radical (unpaired) electrons. The SMILES string of the molecule is C=C1CCC2CC1C(C)(C)CC(OC(=O)C=Cc1ccc(O)c(O)c1)/C=C\2C. The van der Waals surface area contributed by atoms with Crippen LogP contribution in [-0.2, 0) is 9.53 Å². The Morgan fingerprint density at radius 3 is 2.75 bits per heavy atom. The summed E-state index contributed by atoms with van der Waals surface area (Å²) in [5.41, 5.74) is 3.26. The van der Waals surface area contributed by atoms with Crippen molar-refractivity contribution in [1.82, 2.24) is 0 Å². The molecule has 0 amide bonds. The average Bonchev–Trinajstić information content (AvgIpc) is 2.61. The van der Waals surface area contributed by atoms with Gasteiger partial charge >= 0.3 is 5.97 Å². The Bertz CT molecular complexity index is 831. The summed E-state index contributed by atoms with van der Waals surface area (Å²) in [6.45, 7) is 10.9. The molecule has 1 fully saturated rings. The van der Waals surface area contributed by atoms with E-state index in [0.717, 1.165) is 25.7 Å². The van der Waals surface area contributed by atoms with E-state index >= 15 is 0 Å². The maximum atomic E-state index is 12.4. The van der Waals surface area contributed by atoms with Gasteiger partial charge in [0.1, 0.15) is 6.10 Å². The second kappa shape index (κ2) is 7.86. The summed E-state index contributed by atoms with van der Waals surface area (Å²) in [6.07, 6.45) is 8.89. The first-order valence-corrected chi connectivity index (χ1v) is 9.92. The fourth-order valence-corrected chi connectivity index (χ4v) is 4.61. The molecule has 0 heterocycles. The van der Waals surface area contributed by atoms with Gasteiger partial charge in [0.05, 0.1) is 0 Å². The second-order valence-corrected chi connectivity index (χ2v) is 8.84. The number of fused-ring (bicyclic) bond motifs is 2. The average molecular weight is 383 g/mol. The summed E-state index contributed by atoms with van der Waals surface area (Å²) in [4.78, 5) is 12.4. The van der Waals surface area contributed by atoms with Crippen molar-refractivity contribution in [3.63, 3.8) is 0 Å². The highest BCUT2D eigenvalue weighted by Gasteiger charge is 2.40. The molecule has 1 aromatic rings. The fourth-order valence-electron chi connectivity index (χ4n) is 4.61. The number of ether oxygens (including phenoxy) is 1. The van der Waals surface area contributed by atoms with Crippen LogP contribution in [0.25, 0.3) is 6.08 Å². The molecular formula is C24H30O4. The van der Waals surface area contributed by atoms with E-state index in [1.807, 2.05) is 0 Å². The standard InChI is InChI=1S/C24H30O4/c1-15-5-8-18-13-20(15)24(3,4)14-19(11-16(18)2)28-23(27)10-7-17-6-9-21(25)22(26)12-17/h6-7,9-12,18-20,25-26H,1,5,8,13-14H2,2-4H3/b10-7?,16-11-. The quantitative estimate of drug-likeness (QED) is 0.319. The molecule has 0 aliphatic heterocycles. The second-order valence-electron chi connectivity index (χ2n) is 8.84. The molecule has 2 bridgehead atoms. The van der Waals surface area contributed by atoms with Crippen molar-refractivity contribution in [2.75, 3.05) is 0 Å². The predicted octanol–water partition coefficient (Wildman–Crippen LogP) is 5.37. The Labute approximate surface area is 167 Å². The molecule has 2 aliphatic carbocycles. The lowest BCUT2D eigenvalue weighted by Crippen LogP contribution is -2.37. The zero-order valence-corrected chi connectivity index (χ0v) is 16.9. The number of phenolic OH excluding ortho intramolecular Hbond substituents is 2. The van der Waals surface area contributed by atoms with Crippen molar-refractivity contribution in [3.05, 3.63) is 53.6 Å². The maximum Gasteiger partial charge on any atom is 0.331 e. The third-order valence-electron chi connectivity index (χ3n) is 6.27. The number of carbonyl (C=O) groups excluding carboxylic acids is 1. The van der Waals surface area contributed by atoms with Gasteiger partial charge in [-0.1, -0.05) is 37.6 Å². The van der Waals surface area contributed by atoms with Crippen LogP contribution in [0.5, 0.6) is 11.5 Å². The highest BCUT2D eigenvalue weighted by atomic mass is 16.5. The van der Waals surface area contributed by atoms with Crippen molar-refractivity contribution < 1.29 is 19.7 Å². The predicted molar refractivity (Wildman–Crippen MR) is 111 cm³/mol. The van der Waals surface area contributed by atoms with Crippen LogP contribution in [0.2, 0.25) is 0 Å². The number of esters is 1. The maximum absolute atomic E-state index is 12.4. The first-order valence-electron chi connectivity index (χ1n) is 9.92. The Kier molecular flexibility index (Phi) is 5.69. The first-order chi connectivity index (χ1) is 13.2. The minimum Gasteiger partial charge on any atom is -0.504 e. The van der Waals surface area contributed by atoms with Gasteiger partial charge in [0.25, 0.3) is 0 Å². The number of benzene rings is 1. The number of allylic oxidation sites excluding steroid dienone is 2. The molecule has 2 aliphatic rings. The lowest BCUT2D eigenvalue weighted by molar-refractivity contribution is -0.142. The van der Waals surface area contributed by atoms with Crippen LogP contribution in [0, 0.1) is 17.3 Å². The van der Waals surface area contributed by atoms with Gasteiger partial charge in [0, 0.05) is 6.08 Å². The Balaban J connectivity index is 1.74.